The molecule has 13 heteroatoms. The molecule has 5 aliphatic rings. The summed E-state index contributed by atoms with van der Waals surface area (Å²) in [5, 5.41) is 5.78. The molecule has 210 valence electrons. The molecule has 3 N–H and O–H groups in total. The Labute approximate surface area is 222 Å². The Balaban J connectivity index is 1.07. The average molecular weight is 551 g/mol. The molecule has 4 bridgehead atoms. The normalized spacial score (nSPS) is 29.3. The van der Waals surface area contributed by atoms with Crippen molar-refractivity contribution in [2.45, 2.75) is 63.3 Å². The van der Waals surface area contributed by atoms with Crippen molar-refractivity contribution in [1.29, 1.82) is 0 Å². The van der Waals surface area contributed by atoms with Crippen molar-refractivity contribution in [3.63, 3.8) is 0 Å². The molecule has 0 unspecified atom stereocenters. The number of hydrogen-bond donors (Lipinski definition) is 3. The van der Waals surface area contributed by atoms with Crippen LogP contribution in [0.4, 0.5) is 4.79 Å². The first-order valence-corrected chi connectivity index (χ1v) is 15.0. The fourth-order valence-electron chi connectivity index (χ4n) is 7.60. The number of amides is 3. The maximum absolute atomic E-state index is 12.9. The average Bonchev–Trinajstić information content (AvgIpc) is 2.83. The van der Waals surface area contributed by atoms with Crippen LogP contribution >= 0.6 is 0 Å². The summed E-state index contributed by atoms with van der Waals surface area (Å²) < 4.78 is 31.4. The highest BCUT2D eigenvalue weighted by Gasteiger charge is 2.51. The molecule has 0 spiro atoms. The Bertz CT molecular complexity index is 1290. The summed E-state index contributed by atoms with van der Waals surface area (Å²) >= 11 is 0. The van der Waals surface area contributed by atoms with Crippen molar-refractivity contribution < 1.29 is 18.0 Å². The monoisotopic (exact) mass is 550 g/mol. The minimum Gasteiger partial charge on any atom is -0.352 e. The van der Waals surface area contributed by atoms with E-state index in [2.05, 4.69) is 15.4 Å². The molecule has 4 aliphatic carbocycles. The quantitative estimate of drug-likeness (QED) is 0.448. The standard InChI is InChI=1S/C25H38N6O6S/c1-29-15-20(22(33)30(2)24(29)35)21(32)26-6-3-16-4-7-31(8-5-16)38(36,37)28-23(34)27-25-12-17-9-18(13-25)11-19(10-17)14-25/h15-19H,3-14H2,1-2H3,(H,26,32)(H2,27,28,34). The molecule has 1 aromatic rings. The van der Waals surface area contributed by atoms with E-state index in [1.165, 1.54) is 48.4 Å². The van der Waals surface area contributed by atoms with Gasteiger partial charge in [-0.1, -0.05) is 0 Å². The number of nitrogens with zero attached hydrogens (tertiary/aromatic N) is 3. The van der Waals surface area contributed by atoms with E-state index in [1.807, 2.05) is 0 Å². The predicted molar refractivity (Wildman–Crippen MR) is 140 cm³/mol. The third kappa shape index (κ3) is 5.40. The number of piperidine rings is 1. The Morgan fingerprint density at radius 3 is 2.16 bits per heavy atom. The molecule has 0 radical (unpaired) electrons. The molecule has 4 saturated carbocycles. The van der Waals surface area contributed by atoms with Gasteiger partial charge in [0.25, 0.3) is 11.5 Å². The van der Waals surface area contributed by atoms with Crippen LogP contribution < -0.4 is 26.6 Å². The van der Waals surface area contributed by atoms with Crippen molar-refractivity contribution in [2.24, 2.45) is 37.8 Å². The minimum atomic E-state index is -3.94. The summed E-state index contributed by atoms with van der Waals surface area (Å²) in [5.41, 5.74) is -1.52. The second-order valence-corrected chi connectivity index (χ2v) is 13.6. The number of aromatic nitrogens is 2. The first kappa shape index (κ1) is 26.9. The highest BCUT2D eigenvalue weighted by atomic mass is 32.2. The number of rotatable bonds is 7. The van der Waals surface area contributed by atoms with Gasteiger partial charge in [-0.2, -0.15) is 12.7 Å². The Morgan fingerprint density at radius 1 is 1.00 bits per heavy atom. The Kier molecular flexibility index (Phi) is 7.18. The molecular formula is C25H38N6O6S. The van der Waals surface area contributed by atoms with E-state index >= 15 is 0 Å². The van der Waals surface area contributed by atoms with Crippen molar-refractivity contribution >= 4 is 22.1 Å². The van der Waals surface area contributed by atoms with Crippen LogP contribution in [0.25, 0.3) is 0 Å². The molecule has 1 saturated heterocycles. The number of aryl methyl sites for hydroxylation is 1. The summed E-state index contributed by atoms with van der Waals surface area (Å²) in [6.45, 7) is 0.911. The van der Waals surface area contributed by atoms with Gasteiger partial charge in [0, 0.05) is 45.5 Å². The van der Waals surface area contributed by atoms with Crippen LogP contribution in [0.15, 0.2) is 15.8 Å². The molecule has 12 nitrogen and oxygen atoms in total. The lowest BCUT2D eigenvalue weighted by Crippen LogP contribution is -2.62. The molecule has 1 aromatic heterocycles. The zero-order valence-electron chi connectivity index (χ0n) is 22.1. The molecule has 38 heavy (non-hydrogen) atoms. The van der Waals surface area contributed by atoms with Crippen LogP contribution in [0.2, 0.25) is 0 Å². The number of nitrogens with one attached hydrogen (secondary N) is 3. The SMILES string of the molecule is Cn1cc(C(=O)NCCC2CCN(S(=O)(=O)NC(=O)NC34CC5CC(CC(C5)C3)C4)CC2)c(=O)n(C)c1=O. The summed E-state index contributed by atoms with van der Waals surface area (Å²) in [6.07, 6.45) is 9.65. The molecule has 2 heterocycles. The maximum Gasteiger partial charge on any atom is 0.330 e. The van der Waals surface area contributed by atoms with Gasteiger partial charge in [0.15, 0.2) is 0 Å². The van der Waals surface area contributed by atoms with E-state index in [1.54, 1.807) is 0 Å². The van der Waals surface area contributed by atoms with Crippen molar-refractivity contribution in [3.8, 4) is 0 Å². The summed E-state index contributed by atoms with van der Waals surface area (Å²) in [6, 6.07) is -0.624. The second kappa shape index (κ2) is 10.1. The lowest BCUT2D eigenvalue weighted by molar-refractivity contribution is -0.0132. The zero-order valence-corrected chi connectivity index (χ0v) is 22.9. The van der Waals surface area contributed by atoms with Gasteiger partial charge in [-0.05, 0) is 81.5 Å². The fourth-order valence-corrected chi connectivity index (χ4v) is 8.71. The lowest BCUT2D eigenvalue weighted by Gasteiger charge is -2.56. The predicted octanol–water partition coefficient (Wildman–Crippen LogP) is 0.429. The van der Waals surface area contributed by atoms with Crippen LogP contribution in [0.1, 0.15) is 68.1 Å². The molecule has 0 aromatic carbocycles. The number of urea groups is 1. The first-order valence-electron chi connectivity index (χ1n) is 13.6. The van der Waals surface area contributed by atoms with Crippen molar-refractivity contribution in [1.82, 2.24) is 28.8 Å². The molecule has 3 amide bonds. The smallest absolute Gasteiger partial charge is 0.330 e. The van der Waals surface area contributed by atoms with E-state index in [4.69, 9.17) is 0 Å². The van der Waals surface area contributed by atoms with Gasteiger partial charge in [0.1, 0.15) is 5.56 Å². The molecule has 5 fully saturated rings. The summed E-state index contributed by atoms with van der Waals surface area (Å²) in [5.74, 6) is 1.59. The largest absolute Gasteiger partial charge is 0.352 e. The van der Waals surface area contributed by atoms with Gasteiger partial charge in [-0.15, -0.1) is 0 Å². The van der Waals surface area contributed by atoms with E-state index in [-0.39, 0.29) is 17.0 Å². The van der Waals surface area contributed by atoms with Gasteiger partial charge >= 0.3 is 21.9 Å². The third-order valence-corrected chi connectivity index (χ3v) is 10.6. The molecule has 1 aliphatic heterocycles. The van der Waals surface area contributed by atoms with E-state index in [0.717, 1.165) is 23.8 Å². The van der Waals surface area contributed by atoms with Crippen LogP contribution in [-0.2, 0) is 24.3 Å². The van der Waals surface area contributed by atoms with Gasteiger partial charge in [0.05, 0.1) is 0 Å². The van der Waals surface area contributed by atoms with Crippen molar-refractivity contribution in [2.75, 3.05) is 19.6 Å². The Morgan fingerprint density at radius 2 is 1.58 bits per heavy atom. The van der Waals surface area contributed by atoms with E-state index in [0.29, 0.717) is 56.7 Å². The Hall–Kier alpha value is -2.67. The van der Waals surface area contributed by atoms with Gasteiger partial charge in [-0.3, -0.25) is 14.2 Å². The maximum atomic E-state index is 12.9. The first-order chi connectivity index (χ1) is 17.9. The number of carbonyl (C=O) groups excluding carboxylic acids is 2. The summed E-state index contributed by atoms with van der Waals surface area (Å²) in [4.78, 5) is 49.2. The number of carbonyl (C=O) groups is 2. The highest BCUT2D eigenvalue weighted by Crippen LogP contribution is 2.55. The highest BCUT2D eigenvalue weighted by molar-refractivity contribution is 7.87. The van der Waals surface area contributed by atoms with Crippen LogP contribution in [0, 0.1) is 23.7 Å². The summed E-state index contributed by atoms with van der Waals surface area (Å²) in [7, 11) is -1.14. The van der Waals surface area contributed by atoms with Gasteiger partial charge in [0.2, 0.25) is 0 Å². The molecule has 0 atom stereocenters. The zero-order chi connectivity index (χ0) is 27.2. The lowest BCUT2D eigenvalue weighted by atomic mass is 9.53. The fraction of sp³-hybridized carbons (Fsp3) is 0.760. The van der Waals surface area contributed by atoms with E-state index in [9.17, 15) is 27.6 Å². The van der Waals surface area contributed by atoms with Crippen LogP contribution in [0.3, 0.4) is 0 Å². The van der Waals surface area contributed by atoms with Gasteiger partial charge in [-0.25, -0.2) is 14.3 Å². The third-order valence-electron chi connectivity index (χ3n) is 9.08. The molecule has 6 rings (SSSR count). The van der Waals surface area contributed by atoms with Crippen molar-refractivity contribution in [3.05, 3.63) is 32.6 Å². The van der Waals surface area contributed by atoms with E-state index < -0.39 is 33.4 Å². The number of hydrogen-bond acceptors (Lipinski definition) is 6. The van der Waals surface area contributed by atoms with Crippen LogP contribution in [-0.4, -0.2) is 59.0 Å². The second-order valence-electron chi connectivity index (χ2n) is 11.9. The minimum absolute atomic E-state index is 0.103. The van der Waals surface area contributed by atoms with Gasteiger partial charge < -0.3 is 15.2 Å². The molecular weight excluding hydrogens is 512 g/mol. The van der Waals surface area contributed by atoms with Crippen LogP contribution in [0.5, 0.6) is 0 Å². The topological polar surface area (TPSA) is 152 Å².